The normalized spacial score (nSPS) is 29.4. The Balaban J connectivity index is 1.74. The van der Waals surface area contributed by atoms with Crippen molar-refractivity contribution in [3.05, 3.63) is 82.0 Å². The average molecular weight is 964 g/mol. The van der Waals surface area contributed by atoms with Crippen molar-refractivity contribution in [2.75, 3.05) is 0 Å². The minimum absolute atomic E-state index is 0.146. The molecule has 0 aromatic heterocycles. The van der Waals surface area contributed by atoms with Crippen molar-refractivity contribution in [1.29, 1.82) is 0 Å². The lowest BCUT2D eigenvalue weighted by Crippen LogP contribution is -2.56. The van der Waals surface area contributed by atoms with Crippen LogP contribution in [0, 0.1) is 70.0 Å². The first-order valence-electron chi connectivity index (χ1n) is 29.7. The molecule has 4 heteroatoms. The molecule has 0 aliphatic heterocycles. The molecule has 0 amide bonds. The first-order chi connectivity index (χ1) is 32.7. The third-order valence-corrected chi connectivity index (χ3v) is 18.5. The lowest BCUT2D eigenvalue weighted by atomic mass is 9.72. The lowest BCUT2D eigenvalue weighted by Gasteiger charge is -2.48. The largest absolute Gasteiger partial charge is 0.381 e. The van der Waals surface area contributed by atoms with E-state index >= 15 is 0 Å². The van der Waals surface area contributed by atoms with E-state index in [4.69, 9.17) is 0 Å². The van der Waals surface area contributed by atoms with Gasteiger partial charge in [0.15, 0.2) is 0 Å². The van der Waals surface area contributed by atoms with Crippen LogP contribution >= 0.6 is 0 Å². The summed E-state index contributed by atoms with van der Waals surface area (Å²) < 4.78 is 0. The van der Waals surface area contributed by atoms with E-state index < -0.39 is 0 Å². The highest BCUT2D eigenvalue weighted by Gasteiger charge is 2.40. The van der Waals surface area contributed by atoms with Crippen LogP contribution in [0.4, 0.5) is 0 Å². The average Bonchev–Trinajstić information content (AvgIpc) is 3.27. The number of hydrogen-bond acceptors (Lipinski definition) is 4. The van der Waals surface area contributed by atoms with Gasteiger partial charge in [0, 0.05) is 54.0 Å². The smallest absolute Gasteiger partial charge is 0.0514 e. The quantitative estimate of drug-likeness (QED) is 0.126. The minimum Gasteiger partial charge on any atom is -0.381 e. The molecule has 0 saturated carbocycles. The van der Waals surface area contributed by atoms with Gasteiger partial charge in [0.1, 0.15) is 0 Å². The zero-order valence-corrected chi connectivity index (χ0v) is 49.9. The summed E-state index contributed by atoms with van der Waals surface area (Å²) in [6, 6.07) is 2.08. The maximum absolute atomic E-state index is 4.51. The van der Waals surface area contributed by atoms with Gasteiger partial charge in [0.2, 0.25) is 0 Å². The van der Waals surface area contributed by atoms with E-state index in [2.05, 4.69) is 209 Å². The zero-order chi connectivity index (χ0) is 52.0. The van der Waals surface area contributed by atoms with Gasteiger partial charge in [-0.25, -0.2) is 0 Å². The van der Waals surface area contributed by atoms with Crippen LogP contribution in [0.1, 0.15) is 229 Å². The molecule has 0 radical (unpaired) electrons. The summed E-state index contributed by atoms with van der Waals surface area (Å²) in [6.45, 7) is 51.3. The fraction of sp³-hybridized carbons (Fsp3) is 0.788. The number of nitrogens with one attached hydrogen (secondary N) is 2. The molecular formula is C66H114N4. The molecule has 10 atom stereocenters. The number of nitrogens with zero attached hydrogens (tertiary/aromatic N) is 2. The molecule has 5 aliphatic carbocycles. The molecule has 5 unspecified atom stereocenters. The minimum atomic E-state index is 0.146. The molecular weight excluding hydrogens is 849 g/mol. The highest BCUT2D eigenvalue weighted by Crippen LogP contribution is 2.44. The fourth-order valence-corrected chi connectivity index (χ4v) is 13.2. The van der Waals surface area contributed by atoms with Gasteiger partial charge in [0.05, 0.1) is 6.04 Å². The summed E-state index contributed by atoms with van der Waals surface area (Å²) in [5, 5.41) is 8.93. The van der Waals surface area contributed by atoms with Crippen molar-refractivity contribution in [1.82, 2.24) is 20.4 Å². The van der Waals surface area contributed by atoms with Crippen LogP contribution in [0.25, 0.3) is 0 Å². The summed E-state index contributed by atoms with van der Waals surface area (Å²) in [4.78, 5) is 5.75. The van der Waals surface area contributed by atoms with E-state index in [1.54, 1.807) is 33.6 Å². The molecule has 0 aromatic carbocycles. The predicted molar refractivity (Wildman–Crippen MR) is 308 cm³/mol. The summed E-state index contributed by atoms with van der Waals surface area (Å²) in [6.07, 6.45) is 33.9. The van der Waals surface area contributed by atoms with Gasteiger partial charge in [-0.3, -0.25) is 0 Å². The van der Waals surface area contributed by atoms with E-state index in [0.29, 0.717) is 83.5 Å². The van der Waals surface area contributed by atoms with Gasteiger partial charge in [-0.15, -0.1) is 0 Å². The van der Waals surface area contributed by atoms with Gasteiger partial charge < -0.3 is 20.4 Å². The molecule has 5 rings (SSSR count). The number of allylic oxidation sites excluding steroid dienone is 6. The van der Waals surface area contributed by atoms with Gasteiger partial charge in [-0.2, -0.15) is 0 Å². The molecule has 0 aromatic rings. The molecule has 0 heterocycles. The Bertz CT molecular complexity index is 1890. The molecule has 5 aliphatic rings. The van der Waals surface area contributed by atoms with Crippen LogP contribution in [0.2, 0.25) is 0 Å². The monoisotopic (exact) mass is 963 g/mol. The summed E-state index contributed by atoms with van der Waals surface area (Å²) in [7, 11) is 0. The van der Waals surface area contributed by atoms with Crippen molar-refractivity contribution in [3.8, 4) is 0 Å². The van der Waals surface area contributed by atoms with E-state index in [0.717, 1.165) is 44.4 Å². The molecule has 398 valence electrons. The van der Waals surface area contributed by atoms with Gasteiger partial charge in [0.25, 0.3) is 0 Å². The second kappa shape index (κ2) is 25.2. The Morgan fingerprint density at radius 3 is 1.79 bits per heavy atom. The number of hydrogen-bond donors (Lipinski definition) is 2. The second-order valence-electron chi connectivity index (χ2n) is 27.9. The zero-order valence-electron chi connectivity index (χ0n) is 49.9. The van der Waals surface area contributed by atoms with Gasteiger partial charge in [-0.05, 0) is 153 Å². The maximum Gasteiger partial charge on any atom is 0.0514 e. The highest BCUT2D eigenvalue weighted by atomic mass is 15.2. The molecule has 2 N–H and O–H groups in total. The van der Waals surface area contributed by atoms with Crippen molar-refractivity contribution in [2.45, 2.75) is 265 Å². The first-order valence-corrected chi connectivity index (χ1v) is 29.7. The third kappa shape index (κ3) is 15.5. The van der Waals surface area contributed by atoms with Crippen LogP contribution in [0.15, 0.2) is 82.0 Å². The standard InChI is InChI=1S/C66H114N4/c1-22-49(42(3)4)38-59(23-2)69(63-26-24-55(65(16,17)18)40-61(63)67-57-34-51(44(7)8)32-52(35-57)45(9)10)28-29-70(60-31-48(15)30-50(39-60)43(5)6)64-27-25-56(66(19,20)21)41-62(64)68-58-36-53(46(11)12)33-54(37-58)47(13)14/h25,28-29,34,36,38-39,42-48,52,54-55,57-60,62,64,67-68H,22-24,26-27,30-33,35,37,40-41H2,1-21H3/b29-28+,49-38+/t48?,52-,54-,55+,57?,58?,59-,60-,62?,64?/m1/s1. The molecule has 0 spiro atoms. The van der Waals surface area contributed by atoms with E-state index in [1.807, 2.05) is 0 Å². The second-order valence-corrected chi connectivity index (χ2v) is 27.9. The summed E-state index contributed by atoms with van der Waals surface area (Å²) in [5.74, 6) is 6.35. The van der Waals surface area contributed by atoms with Gasteiger partial charge in [-0.1, -0.05) is 204 Å². The SMILES string of the molecule is CC/C(=C\[C@@H](CC)N(/C=C/N(C1CC=C(C(C)(C)C)CC1NC1C=C(C(C)C)C[C@@H](C(C)C)C1)[C@H]1C=C(C(C)C)CC(C)C1)C1=C(NC2C=C(C(C)C)C[C@@H](C(C)C)C2)C[C@@H](C(C)(C)C)CC1)C(C)C. The highest BCUT2D eigenvalue weighted by molar-refractivity contribution is 5.28. The lowest BCUT2D eigenvalue weighted by molar-refractivity contribution is 0.142. The van der Waals surface area contributed by atoms with E-state index in [9.17, 15) is 0 Å². The van der Waals surface area contributed by atoms with Crippen LogP contribution in [0.5, 0.6) is 0 Å². The maximum atomic E-state index is 4.51. The van der Waals surface area contributed by atoms with Crippen LogP contribution < -0.4 is 10.6 Å². The topological polar surface area (TPSA) is 30.5 Å². The molecule has 0 fully saturated rings. The van der Waals surface area contributed by atoms with Crippen LogP contribution in [0.3, 0.4) is 0 Å². The van der Waals surface area contributed by atoms with Crippen LogP contribution in [-0.2, 0) is 0 Å². The summed E-state index contributed by atoms with van der Waals surface area (Å²) in [5.41, 5.74) is 11.6. The third-order valence-electron chi connectivity index (χ3n) is 18.5. The van der Waals surface area contributed by atoms with Crippen molar-refractivity contribution < 1.29 is 0 Å². The van der Waals surface area contributed by atoms with Crippen LogP contribution in [-0.4, -0.2) is 46.1 Å². The van der Waals surface area contributed by atoms with Gasteiger partial charge >= 0.3 is 0 Å². The van der Waals surface area contributed by atoms with E-state index in [-0.39, 0.29) is 16.9 Å². The Morgan fingerprint density at radius 1 is 0.700 bits per heavy atom. The molecule has 0 bridgehead atoms. The Labute approximate surface area is 435 Å². The predicted octanol–water partition coefficient (Wildman–Crippen LogP) is 18.0. The Morgan fingerprint density at radius 2 is 1.27 bits per heavy atom. The Kier molecular flexibility index (Phi) is 21.0. The molecule has 0 saturated heterocycles. The van der Waals surface area contributed by atoms with Crippen molar-refractivity contribution in [3.63, 3.8) is 0 Å². The fourth-order valence-electron chi connectivity index (χ4n) is 13.2. The summed E-state index contributed by atoms with van der Waals surface area (Å²) >= 11 is 0. The molecule has 70 heavy (non-hydrogen) atoms. The first kappa shape index (κ1) is 58.4. The van der Waals surface area contributed by atoms with Crippen molar-refractivity contribution in [2.24, 2.45) is 70.0 Å². The van der Waals surface area contributed by atoms with Crippen molar-refractivity contribution >= 4 is 0 Å². The Hall–Kier alpha value is -2.46. The van der Waals surface area contributed by atoms with E-state index in [1.165, 1.54) is 50.6 Å². The molecule has 4 nitrogen and oxygen atoms in total. The number of rotatable bonds is 19.